The van der Waals surface area contributed by atoms with Gasteiger partial charge in [0, 0.05) is 54.9 Å². The van der Waals surface area contributed by atoms with Crippen molar-refractivity contribution in [2.75, 3.05) is 45.1 Å². The highest BCUT2D eigenvalue weighted by Crippen LogP contribution is 2.37. The molecule has 0 amide bonds. The van der Waals surface area contributed by atoms with E-state index in [1.807, 2.05) is 18.2 Å². The van der Waals surface area contributed by atoms with Crippen LogP contribution in [-0.2, 0) is 4.84 Å². The van der Waals surface area contributed by atoms with Gasteiger partial charge in [-0.25, -0.2) is 14.8 Å². The topological polar surface area (TPSA) is 82.6 Å². The molecule has 0 bridgehead atoms. The van der Waals surface area contributed by atoms with Gasteiger partial charge in [0.15, 0.2) is 0 Å². The Morgan fingerprint density at radius 3 is 2.73 bits per heavy atom. The summed E-state index contributed by atoms with van der Waals surface area (Å²) < 4.78 is 0.979. The average Bonchev–Trinajstić information content (AvgIpc) is 3.62. The fraction of sp³-hybridized carbons (Fsp3) is 0.519. The number of carbonyl (C=O) groups excluding carboxylic acids is 1. The number of hydrogen-bond donors (Lipinski definition) is 2. The molecule has 0 radical (unpaired) electrons. The quantitative estimate of drug-likeness (QED) is 0.199. The minimum atomic E-state index is -0.377. The molecule has 3 aromatic rings. The molecule has 1 aliphatic heterocycles. The molecule has 5 rings (SSSR count). The molecule has 1 unspecified atom stereocenters. The molecule has 2 aromatic heterocycles. The van der Waals surface area contributed by atoms with Crippen molar-refractivity contribution in [1.82, 2.24) is 25.2 Å². The van der Waals surface area contributed by atoms with Gasteiger partial charge in [-0.15, -0.1) is 54.0 Å². The molecule has 2 aliphatic rings. The molecule has 3 heterocycles. The first kappa shape index (κ1) is 34.8. The Hall–Kier alpha value is -1.43. The number of hydroxylamine groups is 1. The van der Waals surface area contributed by atoms with Gasteiger partial charge in [-0.2, -0.15) is 0 Å². The molecule has 8 nitrogen and oxygen atoms in total. The maximum atomic E-state index is 12.6. The summed E-state index contributed by atoms with van der Waals surface area (Å²) in [7, 11) is 2.21. The number of piperazine rings is 1. The molecule has 1 aromatic carbocycles. The maximum Gasteiger partial charge on any atom is 0.357 e. The average molecular weight is 653 g/mol. The summed E-state index contributed by atoms with van der Waals surface area (Å²) in [5.74, 6) is 0.818. The van der Waals surface area contributed by atoms with Gasteiger partial charge < -0.3 is 15.1 Å². The fourth-order valence-corrected chi connectivity index (χ4v) is 6.10. The second-order valence-electron chi connectivity index (χ2n) is 10.4. The van der Waals surface area contributed by atoms with Gasteiger partial charge in [-0.1, -0.05) is 31.5 Å². The largest absolute Gasteiger partial charge is 0.366 e. The smallest absolute Gasteiger partial charge is 0.357 e. The van der Waals surface area contributed by atoms with E-state index in [-0.39, 0.29) is 49.2 Å². The first-order valence-electron chi connectivity index (χ1n) is 13.1. The van der Waals surface area contributed by atoms with E-state index in [0.29, 0.717) is 34.2 Å². The summed E-state index contributed by atoms with van der Waals surface area (Å²) in [6, 6.07) is 8.49. The maximum absolute atomic E-state index is 12.6. The van der Waals surface area contributed by atoms with Crippen LogP contribution in [0.4, 0.5) is 5.95 Å². The zero-order valence-corrected chi connectivity index (χ0v) is 26.9. The molecule has 2 N–H and O–H groups in total. The summed E-state index contributed by atoms with van der Waals surface area (Å²) in [6.07, 6.45) is 4.73. The van der Waals surface area contributed by atoms with Gasteiger partial charge in [0.25, 0.3) is 0 Å². The van der Waals surface area contributed by atoms with E-state index in [1.165, 1.54) is 0 Å². The second kappa shape index (κ2) is 15.7. The zero-order valence-electron chi connectivity index (χ0n) is 22.9. The molecule has 13 heteroatoms. The number of likely N-dealkylation sites (N-methyl/N-ethyl adjacent to an activating group) is 1. The predicted molar refractivity (Wildman–Crippen MR) is 172 cm³/mol. The normalized spacial score (nSPS) is 17.6. The molecule has 1 saturated carbocycles. The molecule has 1 saturated heterocycles. The van der Waals surface area contributed by atoms with E-state index in [4.69, 9.17) is 21.4 Å². The van der Waals surface area contributed by atoms with Crippen LogP contribution in [0.3, 0.4) is 0 Å². The Morgan fingerprint density at radius 2 is 2.00 bits per heavy atom. The van der Waals surface area contributed by atoms with Gasteiger partial charge in [-0.05, 0) is 50.4 Å². The number of anilines is 1. The summed E-state index contributed by atoms with van der Waals surface area (Å²) in [6.45, 7) is 9.81. The SMILES string of the molecule is CC(C)C1CN(C)CCN1CCCNc1ncc(Cl)c(-c2cc3c(C(=O)ONC4CC4)cccc3s2)n1.Cl.Cl.Cl. The molecule has 2 fully saturated rings. The Bertz CT molecular complexity index is 1260. The Morgan fingerprint density at radius 1 is 1.23 bits per heavy atom. The lowest BCUT2D eigenvalue weighted by Gasteiger charge is -2.42. The van der Waals surface area contributed by atoms with Crippen LogP contribution in [0.5, 0.6) is 0 Å². The third kappa shape index (κ3) is 8.55. The Balaban J connectivity index is 0.00000187. The van der Waals surface area contributed by atoms with Gasteiger partial charge in [0.05, 0.1) is 21.7 Å². The standard InChI is InChI=1S/C27H35ClN6O2S.3ClH/c1-17(2)22-16-33(3)12-13-34(22)11-5-10-29-27-30-15-21(28)25(31-27)24-14-20-19(6-4-7-23(20)37-24)26(35)36-32-18-8-9-18;;;/h4,6-7,14-15,17-18,22,32H,5,8-13,16H2,1-3H3,(H,29,30,31);3*1H. The summed E-state index contributed by atoms with van der Waals surface area (Å²) in [4.78, 5) is 33.0. The van der Waals surface area contributed by atoms with Crippen LogP contribution in [-0.4, -0.2) is 77.6 Å². The summed E-state index contributed by atoms with van der Waals surface area (Å²) >= 11 is 8.06. The highest BCUT2D eigenvalue weighted by molar-refractivity contribution is 7.22. The highest BCUT2D eigenvalue weighted by Gasteiger charge is 2.27. The van der Waals surface area contributed by atoms with Gasteiger partial charge in [0.1, 0.15) is 5.69 Å². The van der Waals surface area contributed by atoms with Crippen molar-refractivity contribution in [1.29, 1.82) is 0 Å². The van der Waals surface area contributed by atoms with Crippen LogP contribution >= 0.6 is 60.2 Å². The fourth-order valence-electron chi connectivity index (χ4n) is 4.76. The van der Waals surface area contributed by atoms with Crippen LogP contribution in [0.1, 0.15) is 43.5 Å². The van der Waals surface area contributed by atoms with Crippen molar-refractivity contribution >= 4 is 82.2 Å². The third-order valence-corrected chi connectivity index (χ3v) is 8.45. The number of benzene rings is 1. The highest BCUT2D eigenvalue weighted by atomic mass is 35.5. The van der Waals surface area contributed by atoms with Crippen molar-refractivity contribution in [3.63, 3.8) is 0 Å². The number of aromatic nitrogens is 2. The zero-order chi connectivity index (χ0) is 25.9. The van der Waals surface area contributed by atoms with Crippen molar-refractivity contribution in [3.8, 4) is 10.6 Å². The van der Waals surface area contributed by atoms with Crippen LogP contribution < -0.4 is 10.8 Å². The Kier molecular flexibility index (Phi) is 13.6. The van der Waals surface area contributed by atoms with Crippen LogP contribution in [0.2, 0.25) is 5.02 Å². The van der Waals surface area contributed by atoms with Crippen molar-refractivity contribution in [2.24, 2.45) is 5.92 Å². The van der Waals surface area contributed by atoms with Crippen LogP contribution in [0.15, 0.2) is 30.5 Å². The first-order chi connectivity index (χ1) is 17.9. The monoisotopic (exact) mass is 650 g/mol. The lowest BCUT2D eigenvalue weighted by molar-refractivity contribution is 0.0238. The number of rotatable bonds is 10. The number of halogens is 4. The lowest BCUT2D eigenvalue weighted by Crippen LogP contribution is -2.54. The summed E-state index contributed by atoms with van der Waals surface area (Å²) in [5, 5.41) is 4.69. The van der Waals surface area contributed by atoms with Crippen molar-refractivity contribution < 1.29 is 9.63 Å². The number of nitrogens with one attached hydrogen (secondary N) is 2. The number of hydrogen-bond acceptors (Lipinski definition) is 9. The number of nitrogens with zero attached hydrogens (tertiary/aromatic N) is 4. The van der Waals surface area contributed by atoms with E-state index in [2.05, 4.69) is 46.5 Å². The minimum Gasteiger partial charge on any atom is -0.366 e. The molecule has 222 valence electrons. The molecule has 40 heavy (non-hydrogen) atoms. The van der Waals surface area contributed by atoms with E-state index in [0.717, 1.165) is 66.9 Å². The minimum absolute atomic E-state index is 0. The molecule has 1 atom stereocenters. The summed E-state index contributed by atoms with van der Waals surface area (Å²) in [5.41, 5.74) is 4.02. The second-order valence-corrected chi connectivity index (χ2v) is 11.9. The predicted octanol–water partition coefficient (Wildman–Crippen LogP) is 6.17. The number of thiophene rings is 1. The van der Waals surface area contributed by atoms with Crippen LogP contribution in [0.25, 0.3) is 20.7 Å². The van der Waals surface area contributed by atoms with Crippen molar-refractivity contribution in [2.45, 2.75) is 45.2 Å². The molecular weight excluding hydrogens is 614 g/mol. The molecule has 1 aliphatic carbocycles. The number of fused-ring (bicyclic) bond motifs is 1. The van der Waals surface area contributed by atoms with E-state index in [9.17, 15) is 4.79 Å². The van der Waals surface area contributed by atoms with Gasteiger partial charge >= 0.3 is 5.97 Å². The van der Waals surface area contributed by atoms with Gasteiger partial charge in [0.2, 0.25) is 5.95 Å². The van der Waals surface area contributed by atoms with Crippen molar-refractivity contribution in [3.05, 3.63) is 41.0 Å². The van der Waals surface area contributed by atoms with Crippen LogP contribution in [0, 0.1) is 5.92 Å². The Labute approximate surface area is 263 Å². The van der Waals surface area contributed by atoms with E-state index >= 15 is 0 Å². The molecule has 0 spiro atoms. The third-order valence-electron chi connectivity index (χ3n) is 7.07. The number of carbonyl (C=O) groups is 1. The first-order valence-corrected chi connectivity index (χ1v) is 14.3. The lowest BCUT2D eigenvalue weighted by atomic mass is 9.99. The molecular formula is C27H38Cl4N6O2S. The van der Waals surface area contributed by atoms with E-state index in [1.54, 1.807) is 23.6 Å². The van der Waals surface area contributed by atoms with Gasteiger partial charge in [-0.3, -0.25) is 4.90 Å². The van der Waals surface area contributed by atoms with E-state index < -0.39 is 0 Å².